The number of hydrogen-bond donors (Lipinski definition) is 4. The monoisotopic (exact) mass is 264 g/mol. The highest BCUT2D eigenvalue weighted by Crippen LogP contribution is 2.19. The molecule has 0 aromatic heterocycles. The molecule has 1 aromatic carbocycles. The quantitative estimate of drug-likeness (QED) is 0.429. The molecule has 19 heavy (non-hydrogen) atoms. The second-order valence-electron chi connectivity index (χ2n) is 4.16. The minimum Gasteiger partial charge on any atom is -0.397 e. The van der Waals surface area contributed by atoms with Crippen molar-refractivity contribution in [3.05, 3.63) is 23.8 Å². The van der Waals surface area contributed by atoms with Crippen LogP contribution in [0.25, 0.3) is 0 Å². The van der Waals surface area contributed by atoms with E-state index in [1.165, 1.54) is 0 Å². The highest BCUT2D eigenvalue weighted by Gasteiger charge is 2.06. The molecule has 1 aromatic rings. The second kappa shape index (κ2) is 7.25. The van der Waals surface area contributed by atoms with Crippen molar-refractivity contribution < 1.29 is 9.59 Å². The summed E-state index contributed by atoms with van der Waals surface area (Å²) < 4.78 is 0. The van der Waals surface area contributed by atoms with Crippen LogP contribution < -0.4 is 22.1 Å². The highest BCUT2D eigenvalue weighted by molar-refractivity contribution is 5.96. The van der Waals surface area contributed by atoms with Crippen molar-refractivity contribution >= 4 is 23.2 Å². The molecule has 6 nitrogen and oxygen atoms in total. The Kier molecular flexibility index (Phi) is 5.66. The number of nitrogens with one attached hydrogen (secondary N) is 2. The predicted molar refractivity (Wildman–Crippen MR) is 75.8 cm³/mol. The maximum Gasteiger partial charge on any atom is 0.251 e. The number of primary amides is 1. The van der Waals surface area contributed by atoms with Crippen LogP contribution in [0.2, 0.25) is 0 Å². The lowest BCUT2D eigenvalue weighted by atomic mass is 10.1. The number of carbonyl (C=O) groups is 2. The van der Waals surface area contributed by atoms with Gasteiger partial charge in [-0.25, -0.2) is 0 Å². The molecule has 0 aliphatic carbocycles. The number of carbonyl (C=O) groups excluding carboxylic acids is 2. The summed E-state index contributed by atoms with van der Waals surface area (Å²) in [5.74, 6) is -0.462. The largest absolute Gasteiger partial charge is 0.397 e. The van der Waals surface area contributed by atoms with Crippen molar-refractivity contribution in [3.63, 3.8) is 0 Å². The maximum atomic E-state index is 11.6. The van der Waals surface area contributed by atoms with Gasteiger partial charge in [0, 0.05) is 25.1 Å². The van der Waals surface area contributed by atoms with Crippen LogP contribution in [0.4, 0.5) is 11.4 Å². The number of anilines is 2. The number of rotatable bonds is 7. The summed E-state index contributed by atoms with van der Waals surface area (Å²) in [4.78, 5) is 22.2. The van der Waals surface area contributed by atoms with Gasteiger partial charge in [0.25, 0.3) is 5.91 Å². The molecule has 0 unspecified atom stereocenters. The number of hydrogen-bond acceptors (Lipinski definition) is 4. The highest BCUT2D eigenvalue weighted by atomic mass is 16.1. The Hall–Kier alpha value is -2.24. The van der Waals surface area contributed by atoms with Crippen LogP contribution >= 0.6 is 0 Å². The molecule has 104 valence electrons. The van der Waals surface area contributed by atoms with E-state index in [1.807, 2.05) is 6.92 Å². The fourth-order valence-electron chi connectivity index (χ4n) is 1.61. The summed E-state index contributed by atoms with van der Waals surface area (Å²) in [5.41, 5.74) is 12.7. The minimum atomic E-state index is -0.318. The zero-order chi connectivity index (χ0) is 14.3. The van der Waals surface area contributed by atoms with Gasteiger partial charge in [-0.15, -0.1) is 0 Å². The first kappa shape index (κ1) is 14.8. The molecular formula is C13H20N4O2. The summed E-state index contributed by atoms with van der Waals surface area (Å²) >= 11 is 0. The van der Waals surface area contributed by atoms with Crippen molar-refractivity contribution in [2.45, 2.75) is 19.8 Å². The average Bonchev–Trinajstić information content (AvgIpc) is 2.36. The molecule has 6 N–H and O–H groups in total. The van der Waals surface area contributed by atoms with E-state index >= 15 is 0 Å². The van der Waals surface area contributed by atoms with E-state index in [0.717, 1.165) is 5.69 Å². The van der Waals surface area contributed by atoms with E-state index in [1.54, 1.807) is 18.2 Å². The fourth-order valence-corrected chi connectivity index (χ4v) is 1.61. The lowest BCUT2D eigenvalue weighted by Crippen LogP contribution is -2.22. The van der Waals surface area contributed by atoms with Gasteiger partial charge in [-0.1, -0.05) is 0 Å². The number of nitrogens with two attached hydrogens (primary N) is 2. The van der Waals surface area contributed by atoms with Crippen molar-refractivity contribution in [2.24, 2.45) is 5.73 Å². The van der Waals surface area contributed by atoms with Crippen LogP contribution in [0.15, 0.2) is 18.2 Å². The van der Waals surface area contributed by atoms with Gasteiger partial charge in [0.15, 0.2) is 0 Å². The van der Waals surface area contributed by atoms with E-state index in [-0.39, 0.29) is 11.8 Å². The minimum absolute atomic E-state index is 0.144. The van der Waals surface area contributed by atoms with Crippen molar-refractivity contribution in [2.75, 3.05) is 24.1 Å². The Morgan fingerprint density at radius 3 is 2.63 bits per heavy atom. The normalized spacial score (nSPS) is 9.95. The lowest BCUT2D eigenvalue weighted by molar-refractivity contribution is -0.118. The van der Waals surface area contributed by atoms with Crippen LogP contribution in [0.5, 0.6) is 0 Å². The molecular weight excluding hydrogens is 244 g/mol. The second-order valence-corrected chi connectivity index (χ2v) is 4.16. The van der Waals surface area contributed by atoms with Gasteiger partial charge < -0.3 is 22.1 Å². The molecule has 0 aliphatic rings. The molecule has 0 aliphatic heterocycles. The third-order valence-electron chi connectivity index (χ3n) is 2.57. The summed E-state index contributed by atoms with van der Waals surface area (Å²) in [6.07, 6.45) is 0.983. The molecule has 0 spiro atoms. The molecule has 0 atom stereocenters. The number of nitrogen functional groups attached to an aromatic ring is 1. The first-order valence-corrected chi connectivity index (χ1v) is 6.24. The van der Waals surface area contributed by atoms with Crippen LogP contribution in [0.3, 0.4) is 0 Å². The van der Waals surface area contributed by atoms with Gasteiger partial charge in [0.05, 0.1) is 11.4 Å². The van der Waals surface area contributed by atoms with Crippen molar-refractivity contribution in [3.8, 4) is 0 Å². The van der Waals surface area contributed by atoms with Gasteiger partial charge in [-0.2, -0.15) is 0 Å². The van der Waals surface area contributed by atoms with Gasteiger partial charge in [-0.05, 0) is 31.5 Å². The Balaban J connectivity index is 2.57. The maximum absolute atomic E-state index is 11.6. The molecule has 0 saturated carbocycles. The Labute approximate surface area is 112 Å². The van der Waals surface area contributed by atoms with Crippen LogP contribution in [-0.2, 0) is 4.79 Å². The van der Waals surface area contributed by atoms with E-state index < -0.39 is 0 Å². The Bertz CT molecular complexity index is 460. The molecule has 0 heterocycles. The van der Waals surface area contributed by atoms with Gasteiger partial charge in [0.2, 0.25) is 5.91 Å². The van der Waals surface area contributed by atoms with E-state index in [4.69, 9.17) is 11.5 Å². The van der Waals surface area contributed by atoms with Gasteiger partial charge in [-0.3, -0.25) is 9.59 Å². The summed E-state index contributed by atoms with van der Waals surface area (Å²) in [6.45, 7) is 3.04. The predicted octanol–water partition coefficient (Wildman–Crippen LogP) is 0.696. The van der Waals surface area contributed by atoms with Crippen LogP contribution in [-0.4, -0.2) is 24.9 Å². The average molecular weight is 264 g/mol. The molecule has 0 saturated heterocycles. The Morgan fingerprint density at radius 1 is 1.32 bits per heavy atom. The van der Waals surface area contributed by atoms with E-state index in [2.05, 4.69) is 10.6 Å². The molecule has 2 amide bonds. The standard InChI is InChI=1S/C13H20N4O2/c1-2-16-13(19)9-5-6-11(10(14)8-9)17-7-3-4-12(15)18/h5-6,8,17H,2-4,7,14H2,1H3,(H2,15,18)(H,16,19). The SMILES string of the molecule is CCNC(=O)c1ccc(NCCCC(N)=O)c(N)c1. The van der Waals surface area contributed by atoms with Crippen LogP contribution in [0.1, 0.15) is 30.1 Å². The topological polar surface area (TPSA) is 110 Å². The molecule has 0 bridgehead atoms. The molecule has 1 rings (SSSR count). The number of amides is 2. The van der Waals surface area contributed by atoms with Crippen molar-refractivity contribution in [1.29, 1.82) is 0 Å². The lowest BCUT2D eigenvalue weighted by Gasteiger charge is -2.10. The molecule has 0 radical (unpaired) electrons. The Morgan fingerprint density at radius 2 is 2.05 bits per heavy atom. The zero-order valence-electron chi connectivity index (χ0n) is 11.0. The summed E-state index contributed by atoms with van der Waals surface area (Å²) in [7, 11) is 0. The van der Waals surface area contributed by atoms with Crippen LogP contribution in [0, 0.1) is 0 Å². The smallest absolute Gasteiger partial charge is 0.251 e. The third kappa shape index (κ3) is 4.87. The van der Waals surface area contributed by atoms with Gasteiger partial charge in [0.1, 0.15) is 0 Å². The summed E-state index contributed by atoms with van der Waals surface area (Å²) in [5, 5.41) is 5.81. The van der Waals surface area contributed by atoms with Crippen molar-refractivity contribution in [1.82, 2.24) is 5.32 Å². The molecule has 6 heteroatoms. The molecule has 0 fully saturated rings. The zero-order valence-corrected chi connectivity index (χ0v) is 11.0. The van der Waals surface area contributed by atoms with Gasteiger partial charge >= 0.3 is 0 Å². The first-order valence-electron chi connectivity index (χ1n) is 6.24. The van der Waals surface area contributed by atoms with E-state index in [9.17, 15) is 9.59 Å². The summed E-state index contributed by atoms with van der Waals surface area (Å²) in [6, 6.07) is 5.09. The van der Waals surface area contributed by atoms with E-state index in [0.29, 0.717) is 37.2 Å². The fraction of sp³-hybridized carbons (Fsp3) is 0.385. The first-order chi connectivity index (χ1) is 9.04. The number of benzene rings is 1. The third-order valence-corrected chi connectivity index (χ3v) is 2.57.